The van der Waals surface area contributed by atoms with E-state index in [2.05, 4.69) is 37.1 Å². The summed E-state index contributed by atoms with van der Waals surface area (Å²) in [5.74, 6) is 0.992. The van der Waals surface area contributed by atoms with Gasteiger partial charge in [0.25, 0.3) is 0 Å². The molecule has 7 nitrogen and oxygen atoms in total. The number of hydrogen-bond acceptors (Lipinski definition) is 6. The molecule has 0 spiro atoms. The number of nitrogens with zero attached hydrogens (tertiary/aromatic N) is 6. The lowest BCUT2D eigenvalue weighted by Crippen LogP contribution is -2.36. The molecule has 0 radical (unpaired) electrons. The first kappa shape index (κ1) is 18.0. The van der Waals surface area contributed by atoms with Crippen molar-refractivity contribution in [2.45, 2.75) is 6.54 Å². The molecule has 0 aromatic carbocycles. The van der Waals surface area contributed by atoms with Gasteiger partial charge in [0.2, 0.25) is 0 Å². The van der Waals surface area contributed by atoms with Crippen LogP contribution < -0.4 is 4.90 Å². The van der Waals surface area contributed by atoms with Crippen LogP contribution in [-0.2, 0) is 11.3 Å². The van der Waals surface area contributed by atoms with Gasteiger partial charge < -0.3 is 9.64 Å². The van der Waals surface area contributed by atoms with Gasteiger partial charge in [-0.3, -0.25) is 9.67 Å². The van der Waals surface area contributed by atoms with E-state index >= 15 is 0 Å². The maximum atomic E-state index is 6.00. The topological polar surface area (TPSA) is 69.0 Å². The highest BCUT2D eigenvalue weighted by Gasteiger charge is 2.12. The third kappa shape index (κ3) is 3.92. The molecule has 0 N–H and O–H groups in total. The highest BCUT2D eigenvalue weighted by atomic mass is 35.5. The van der Waals surface area contributed by atoms with Crippen LogP contribution in [0.2, 0.25) is 5.15 Å². The molecule has 1 fully saturated rings. The molecule has 0 atom stereocenters. The van der Waals surface area contributed by atoms with Crippen LogP contribution in [0.3, 0.4) is 0 Å². The fourth-order valence-corrected chi connectivity index (χ4v) is 3.57. The van der Waals surface area contributed by atoms with Gasteiger partial charge in [-0.1, -0.05) is 17.7 Å². The van der Waals surface area contributed by atoms with E-state index in [-0.39, 0.29) is 0 Å². The van der Waals surface area contributed by atoms with Crippen LogP contribution >= 0.6 is 11.6 Å². The summed E-state index contributed by atoms with van der Waals surface area (Å²) >= 11 is 6.00. The van der Waals surface area contributed by atoms with Gasteiger partial charge in [0.05, 0.1) is 37.0 Å². The predicted molar refractivity (Wildman–Crippen MR) is 112 cm³/mol. The van der Waals surface area contributed by atoms with Crippen molar-refractivity contribution >= 4 is 28.5 Å². The summed E-state index contributed by atoms with van der Waals surface area (Å²) in [6.45, 7) is 3.93. The van der Waals surface area contributed by atoms with Gasteiger partial charge in [0.15, 0.2) is 0 Å². The fraction of sp³-hybridized carbons (Fsp3) is 0.238. The number of fused-ring (bicyclic) bond motifs is 1. The van der Waals surface area contributed by atoms with Crippen LogP contribution in [0, 0.1) is 0 Å². The molecule has 8 heteroatoms. The van der Waals surface area contributed by atoms with E-state index in [0.717, 1.165) is 59.8 Å². The van der Waals surface area contributed by atoms with Gasteiger partial charge in [-0.25, -0.2) is 9.97 Å². The van der Waals surface area contributed by atoms with Gasteiger partial charge in [-0.2, -0.15) is 5.10 Å². The second kappa shape index (κ2) is 7.77. The summed E-state index contributed by atoms with van der Waals surface area (Å²) in [7, 11) is 0. The third-order valence-corrected chi connectivity index (χ3v) is 5.17. The number of anilines is 1. The molecule has 5 rings (SSSR count). The summed E-state index contributed by atoms with van der Waals surface area (Å²) in [5, 5.41) is 4.94. The van der Waals surface area contributed by atoms with Crippen molar-refractivity contribution in [2.75, 3.05) is 31.2 Å². The first-order valence-corrected chi connectivity index (χ1v) is 9.85. The second-order valence-corrected chi connectivity index (χ2v) is 7.33. The van der Waals surface area contributed by atoms with Crippen molar-refractivity contribution in [3.63, 3.8) is 0 Å². The van der Waals surface area contributed by atoms with Crippen LogP contribution in [-0.4, -0.2) is 51.0 Å². The van der Waals surface area contributed by atoms with Gasteiger partial charge in [0.1, 0.15) is 11.0 Å². The standard InChI is InChI=1S/C21H19ClN6O/c22-20-3-2-18-19(26-20)9-16(11-23-18)17-12-25-28(14-17)13-15-1-4-21(24-10-15)27-5-7-29-8-6-27/h1-4,9-12,14H,5-8,13H2. The summed E-state index contributed by atoms with van der Waals surface area (Å²) < 4.78 is 7.30. The number of hydrogen-bond donors (Lipinski definition) is 0. The first-order chi connectivity index (χ1) is 14.2. The molecule has 4 aromatic rings. The molecule has 5 heterocycles. The van der Waals surface area contributed by atoms with Crippen LogP contribution in [0.4, 0.5) is 5.82 Å². The molecule has 1 aliphatic rings. The van der Waals surface area contributed by atoms with Crippen LogP contribution in [0.15, 0.2) is 55.1 Å². The highest BCUT2D eigenvalue weighted by molar-refractivity contribution is 6.29. The Morgan fingerprint density at radius 1 is 0.931 bits per heavy atom. The number of halogens is 1. The van der Waals surface area contributed by atoms with Gasteiger partial charge >= 0.3 is 0 Å². The quantitative estimate of drug-likeness (QED) is 0.484. The number of pyridine rings is 3. The third-order valence-electron chi connectivity index (χ3n) is 4.96. The molecule has 0 saturated carbocycles. The maximum Gasteiger partial charge on any atom is 0.129 e. The Balaban J connectivity index is 1.32. The number of rotatable bonds is 4. The fourth-order valence-electron chi connectivity index (χ4n) is 3.42. The summed E-state index contributed by atoms with van der Waals surface area (Å²) in [4.78, 5) is 15.6. The van der Waals surface area contributed by atoms with E-state index in [9.17, 15) is 0 Å². The Labute approximate surface area is 172 Å². The van der Waals surface area contributed by atoms with E-state index in [1.54, 1.807) is 6.07 Å². The summed E-state index contributed by atoms with van der Waals surface area (Å²) in [5.41, 5.74) is 4.63. The Morgan fingerprint density at radius 2 is 1.83 bits per heavy atom. The minimum atomic E-state index is 0.458. The normalized spacial score (nSPS) is 14.4. The Morgan fingerprint density at radius 3 is 2.66 bits per heavy atom. The van der Waals surface area contributed by atoms with Crippen LogP contribution in [0.5, 0.6) is 0 Å². The molecule has 0 aliphatic carbocycles. The van der Waals surface area contributed by atoms with Crippen molar-refractivity contribution in [2.24, 2.45) is 0 Å². The Bertz CT molecular complexity index is 1140. The number of aromatic nitrogens is 5. The first-order valence-electron chi connectivity index (χ1n) is 9.47. The van der Waals surface area contributed by atoms with Gasteiger partial charge in [-0.05, 0) is 29.8 Å². The average molecular weight is 407 g/mol. The van der Waals surface area contributed by atoms with E-state index in [1.807, 2.05) is 41.6 Å². The molecular weight excluding hydrogens is 388 g/mol. The second-order valence-electron chi connectivity index (χ2n) is 6.95. The lowest BCUT2D eigenvalue weighted by atomic mass is 10.1. The molecule has 1 saturated heterocycles. The predicted octanol–water partition coefficient (Wildman–Crippen LogP) is 3.43. The zero-order valence-electron chi connectivity index (χ0n) is 15.7. The molecule has 4 aromatic heterocycles. The Hall–Kier alpha value is -3.03. The molecule has 0 unspecified atom stereocenters. The molecule has 0 bridgehead atoms. The SMILES string of the molecule is Clc1ccc2ncc(-c3cnn(Cc4ccc(N5CCOCC5)nc4)c3)cc2n1. The van der Waals surface area contributed by atoms with Crippen molar-refractivity contribution in [1.29, 1.82) is 0 Å². The van der Waals surface area contributed by atoms with Crippen molar-refractivity contribution in [3.05, 3.63) is 65.8 Å². The highest BCUT2D eigenvalue weighted by Crippen LogP contribution is 2.23. The smallest absolute Gasteiger partial charge is 0.129 e. The zero-order valence-corrected chi connectivity index (χ0v) is 16.5. The van der Waals surface area contributed by atoms with E-state index in [1.165, 1.54) is 0 Å². The lowest BCUT2D eigenvalue weighted by molar-refractivity contribution is 0.122. The van der Waals surface area contributed by atoms with Crippen LogP contribution in [0.25, 0.3) is 22.2 Å². The molecular formula is C21H19ClN6O. The average Bonchev–Trinajstić information content (AvgIpc) is 3.23. The monoisotopic (exact) mass is 406 g/mol. The summed E-state index contributed by atoms with van der Waals surface area (Å²) in [6.07, 6.45) is 7.58. The Kier molecular flexibility index (Phi) is 4.83. The lowest BCUT2D eigenvalue weighted by Gasteiger charge is -2.27. The van der Waals surface area contributed by atoms with Gasteiger partial charge in [0, 0.05) is 42.8 Å². The molecule has 0 amide bonds. The number of ether oxygens (including phenoxy) is 1. The summed E-state index contributed by atoms with van der Waals surface area (Å²) in [6, 6.07) is 9.75. The van der Waals surface area contributed by atoms with Crippen LogP contribution in [0.1, 0.15) is 5.56 Å². The van der Waals surface area contributed by atoms with E-state index in [4.69, 9.17) is 16.3 Å². The molecule has 146 valence electrons. The molecule has 29 heavy (non-hydrogen) atoms. The van der Waals surface area contributed by atoms with E-state index in [0.29, 0.717) is 11.7 Å². The van der Waals surface area contributed by atoms with Crippen molar-refractivity contribution < 1.29 is 4.74 Å². The maximum absolute atomic E-state index is 6.00. The largest absolute Gasteiger partial charge is 0.378 e. The van der Waals surface area contributed by atoms with Gasteiger partial charge in [-0.15, -0.1) is 0 Å². The van der Waals surface area contributed by atoms with Crippen molar-refractivity contribution in [1.82, 2.24) is 24.7 Å². The van der Waals surface area contributed by atoms with Crippen molar-refractivity contribution in [3.8, 4) is 11.1 Å². The van der Waals surface area contributed by atoms with E-state index < -0.39 is 0 Å². The minimum Gasteiger partial charge on any atom is -0.378 e. The molecule has 1 aliphatic heterocycles. The minimum absolute atomic E-state index is 0.458. The zero-order chi connectivity index (χ0) is 19.6. The number of morpholine rings is 1.